The highest BCUT2D eigenvalue weighted by molar-refractivity contribution is 5.95. The molecule has 0 radical (unpaired) electrons. The number of nitrogens with zero attached hydrogens (tertiary/aromatic N) is 7. The molecule has 1 atom stereocenters. The second kappa shape index (κ2) is 9.39. The zero-order valence-electron chi connectivity index (χ0n) is 20.7. The normalized spacial score (nSPS) is 15.7. The number of carbonyl (C=O) groups is 1. The maximum atomic E-state index is 14.3. The van der Waals surface area contributed by atoms with Crippen LogP contribution in [0, 0.1) is 21.7 Å². The number of fused-ring (bicyclic) bond motifs is 3. The number of nitro groups is 1. The van der Waals surface area contributed by atoms with Gasteiger partial charge in [0.1, 0.15) is 17.2 Å². The van der Waals surface area contributed by atoms with Gasteiger partial charge in [-0.25, -0.2) is 18.2 Å². The van der Waals surface area contributed by atoms with E-state index >= 15 is 0 Å². The lowest BCUT2D eigenvalue weighted by Crippen LogP contribution is -2.55. The number of anilines is 1. The highest BCUT2D eigenvalue weighted by Crippen LogP contribution is 2.33. The lowest BCUT2D eigenvalue weighted by molar-refractivity contribution is -0.384. The van der Waals surface area contributed by atoms with Gasteiger partial charge in [0.05, 0.1) is 16.0 Å². The van der Waals surface area contributed by atoms with E-state index in [2.05, 4.69) is 10.2 Å². The van der Waals surface area contributed by atoms with Crippen molar-refractivity contribution >= 4 is 34.1 Å². The SMILES string of the molecule is CC1CN(c2nc3ccccc3c3nnc(-c4ccccc4[N+](=O)[O-])n23)CCN1C(=O)c1c(F)cccc1F. The van der Waals surface area contributed by atoms with E-state index in [1.807, 2.05) is 29.2 Å². The molecule has 39 heavy (non-hydrogen) atoms. The molecule has 1 aliphatic rings. The summed E-state index contributed by atoms with van der Waals surface area (Å²) in [4.78, 5) is 32.6. The molecule has 2 aromatic heterocycles. The van der Waals surface area contributed by atoms with Crippen LogP contribution in [0.1, 0.15) is 17.3 Å². The molecule has 0 N–H and O–H groups in total. The van der Waals surface area contributed by atoms with Gasteiger partial charge in [0.15, 0.2) is 11.5 Å². The van der Waals surface area contributed by atoms with Gasteiger partial charge in [-0.15, -0.1) is 10.2 Å². The van der Waals surface area contributed by atoms with Crippen molar-refractivity contribution in [2.24, 2.45) is 0 Å². The summed E-state index contributed by atoms with van der Waals surface area (Å²) in [6.07, 6.45) is 0. The van der Waals surface area contributed by atoms with Crippen molar-refractivity contribution in [3.05, 3.63) is 94.0 Å². The van der Waals surface area contributed by atoms with Crippen LogP contribution in [0.2, 0.25) is 0 Å². The van der Waals surface area contributed by atoms with E-state index in [0.717, 1.165) is 17.5 Å². The highest BCUT2D eigenvalue weighted by atomic mass is 19.1. The first kappa shape index (κ1) is 24.3. The van der Waals surface area contributed by atoms with Crippen molar-refractivity contribution in [3.63, 3.8) is 0 Å². The van der Waals surface area contributed by atoms with Crippen LogP contribution in [0.25, 0.3) is 27.9 Å². The third-order valence-electron chi connectivity index (χ3n) is 6.92. The maximum absolute atomic E-state index is 14.3. The summed E-state index contributed by atoms with van der Waals surface area (Å²) in [6.45, 7) is 2.54. The molecule has 1 aliphatic heterocycles. The predicted octanol–water partition coefficient (Wildman–Crippen LogP) is 4.48. The van der Waals surface area contributed by atoms with Crippen LogP contribution < -0.4 is 4.90 Å². The molecule has 10 nitrogen and oxygen atoms in total. The average Bonchev–Trinajstić information content (AvgIpc) is 3.38. The van der Waals surface area contributed by atoms with Crippen molar-refractivity contribution < 1.29 is 18.5 Å². The number of hydrogen-bond donors (Lipinski definition) is 0. The molecule has 0 spiro atoms. The lowest BCUT2D eigenvalue weighted by atomic mass is 10.1. The van der Waals surface area contributed by atoms with Crippen LogP contribution in [0.15, 0.2) is 66.7 Å². The smallest absolute Gasteiger partial charge is 0.280 e. The van der Waals surface area contributed by atoms with Crippen molar-refractivity contribution in [2.45, 2.75) is 13.0 Å². The van der Waals surface area contributed by atoms with Gasteiger partial charge >= 0.3 is 0 Å². The van der Waals surface area contributed by atoms with Crippen LogP contribution in [0.4, 0.5) is 20.4 Å². The average molecular weight is 530 g/mol. The summed E-state index contributed by atoms with van der Waals surface area (Å²) in [5.41, 5.74) is 0.706. The van der Waals surface area contributed by atoms with Gasteiger partial charge in [0.2, 0.25) is 5.95 Å². The minimum absolute atomic E-state index is 0.124. The Balaban J connectivity index is 1.44. The zero-order chi connectivity index (χ0) is 27.3. The van der Waals surface area contributed by atoms with Gasteiger partial charge in [-0.05, 0) is 37.3 Å². The van der Waals surface area contributed by atoms with E-state index in [-0.39, 0.29) is 30.2 Å². The summed E-state index contributed by atoms with van der Waals surface area (Å²) >= 11 is 0. The number of aromatic nitrogens is 4. The summed E-state index contributed by atoms with van der Waals surface area (Å²) in [5, 5.41) is 21.2. The Kier molecular flexibility index (Phi) is 5.86. The van der Waals surface area contributed by atoms with Crippen LogP contribution >= 0.6 is 0 Å². The quantitative estimate of drug-likeness (QED) is 0.249. The van der Waals surface area contributed by atoms with Crippen molar-refractivity contribution in [1.29, 1.82) is 0 Å². The molecule has 1 unspecified atom stereocenters. The minimum atomic E-state index is -0.911. The van der Waals surface area contributed by atoms with E-state index in [1.165, 1.54) is 17.0 Å². The van der Waals surface area contributed by atoms with Crippen molar-refractivity contribution in [1.82, 2.24) is 24.5 Å². The van der Waals surface area contributed by atoms with E-state index in [4.69, 9.17) is 4.98 Å². The molecule has 1 fully saturated rings. The fraction of sp³-hybridized carbons (Fsp3) is 0.185. The maximum Gasteiger partial charge on any atom is 0.280 e. The van der Waals surface area contributed by atoms with Gasteiger partial charge in [0, 0.05) is 37.1 Å². The Morgan fingerprint density at radius 1 is 0.974 bits per heavy atom. The van der Waals surface area contributed by atoms with E-state index < -0.39 is 34.1 Å². The molecule has 1 amide bonds. The molecule has 0 saturated carbocycles. The minimum Gasteiger partial charge on any atom is -0.338 e. The van der Waals surface area contributed by atoms with E-state index in [1.54, 1.807) is 29.5 Å². The number of para-hydroxylation sites is 2. The second-order valence-corrected chi connectivity index (χ2v) is 9.28. The Bertz CT molecular complexity index is 1750. The van der Waals surface area contributed by atoms with Crippen LogP contribution in [-0.4, -0.2) is 61.0 Å². The topological polar surface area (TPSA) is 110 Å². The third kappa shape index (κ3) is 4.00. The van der Waals surface area contributed by atoms with Crippen LogP contribution in [0.3, 0.4) is 0 Å². The number of rotatable bonds is 4. The molecule has 3 aromatic carbocycles. The Morgan fingerprint density at radius 3 is 2.44 bits per heavy atom. The first-order valence-electron chi connectivity index (χ1n) is 12.2. The molecule has 0 bridgehead atoms. The predicted molar refractivity (Wildman–Crippen MR) is 139 cm³/mol. The molecular formula is C27H21F2N7O3. The first-order valence-corrected chi connectivity index (χ1v) is 12.2. The number of hydrogen-bond acceptors (Lipinski definition) is 7. The number of piperazine rings is 1. The number of nitro benzene ring substituents is 1. The Labute approximate surface area is 220 Å². The van der Waals surface area contributed by atoms with Gasteiger partial charge in [-0.3, -0.25) is 14.9 Å². The van der Waals surface area contributed by atoms with Crippen molar-refractivity contribution in [2.75, 3.05) is 24.5 Å². The van der Waals surface area contributed by atoms with Gasteiger partial charge < -0.3 is 9.80 Å². The van der Waals surface area contributed by atoms with E-state index in [0.29, 0.717) is 23.7 Å². The number of amides is 1. The van der Waals surface area contributed by atoms with Crippen LogP contribution in [0.5, 0.6) is 0 Å². The van der Waals surface area contributed by atoms with Crippen molar-refractivity contribution in [3.8, 4) is 11.4 Å². The lowest BCUT2D eigenvalue weighted by Gasteiger charge is -2.40. The molecule has 196 valence electrons. The summed E-state index contributed by atoms with van der Waals surface area (Å²) < 4.78 is 30.4. The third-order valence-corrected chi connectivity index (χ3v) is 6.92. The Morgan fingerprint density at radius 2 is 1.69 bits per heavy atom. The summed E-state index contributed by atoms with van der Waals surface area (Å²) in [7, 11) is 0. The number of halogens is 2. The van der Waals surface area contributed by atoms with E-state index in [9.17, 15) is 23.7 Å². The second-order valence-electron chi connectivity index (χ2n) is 9.28. The molecule has 12 heteroatoms. The first-order chi connectivity index (χ1) is 18.8. The monoisotopic (exact) mass is 529 g/mol. The summed E-state index contributed by atoms with van der Waals surface area (Å²) in [6, 6.07) is 16.5. The molecule has 3 heterocycles. The molecule has 6 rings (SSSR count). The molecule has 5 aromatic rings. The highest BCUT2D eigenvalue weighted by Gasteiger charge is 2.33. The van der Waals surface area contributed by atoms with Gasteiger partial charge in [-0.1, -0.05) is 30.3 Å². The molecule has 0 aliphatic carbocycles. The molecular weight excluding hydrogens is 508 g/mol. The number of carbonyl (C=O) groups excluding carboxylic acids is 1. The fourth-order valence-corrected chi connectivity index (χ4v) is 5.06. The fourth-order valence-electron chi connectivity index (χ4n) is 5.06. The van der Waals surface area contributed by atoms with Gasteiger partial charge in [0.25, 0.3) is 11.6 Å². The standard InChI is InChI=1S/C27H21F2N7O3/c1-16-15-33(13-14-34(16)26(37)23-19(28)9-6-10-20(23)29)27-30-21-11-4-2-7-17(21)24-31-32-25(35(24)27)18-8-3-5-12-22(18)36(38)39/h2-12,16H,13-15H2,1H3. The number of benzene rings is 3. The molecule has 1 saturated heterocycles. The zero-order valence-corrected chi connectivity index (χ0v) is 20.7. The summed E-state index contributed by atoms with van der Waals surface area (Å²) in [5.74, 6) is -1.85. The Hall–Kier alpha value is -5.00. The van der Waals surface area contributed by atoms with Crippen LogP contribution in [-0.2, 0) is 0 Å². The van der Waals surface area contributed by atoms with Gasteiger partial charge in [-0.2, -0.15) is 0 Å². The largest absolute Gasteiger partial charge is 0.338 e.